The fraction of sp³-hybridized carbons (Fsp3) is 0.176. The average molecular weight is 371 g/mol. The number of benzene rings is 2. The van der Waals surface area contributed by atoms with Crippen LogP contribution >= 0.6 is 11.6 Å². The monoisotopic (exact) mass is 370 g/mol. The lowest BCUT2D eigenvalue weighted by Crippen LogP contribution is -2.22. The highest BCUT2D eigenvalue weighted by atomic mass is 35.5. The van der Waals surface area contributed by atoms with Crippen LogP contribution in [0.25, 0.3) is 0 Å². The minimum absolute atomic E-state index is 0.0356. The largest absolute Gasteiger partial charge is 0.416 e. The SMILES string of the molecule is Cc1ccc(Cl)cc1NC(=O)CC(=O)Nc1cccc(C(F)(F)F)c1. The Morgan fingerprint density at radius 1 is 1.04 bits per heavy atom. The number of anilines is 2. The molecule has 0 spiro atoms. The van der Waals surface area contributed by atoms with Gasteiger partial charge in [-0.3, -0.25) is 9.59 Å². The summed E-state index contributed by atoms with van der Waals surface area (Å²) in [4.78, 5) is 23.8. The summed E-state index contributed by atoms with van der Waals surface area (Å²) < 4.78 is 37.9. The normalized spacial score (nSPS) is 11.1. The van der Waals surface area contributed by atoms with Crippen molar-refractivity contribution in [2.75, 3.05) is 10.6 Å². The molecular formula is C17H14ClF3N2O2. The van der Waals surface area contributed by atoms with Gasteiger partial charge in [0.25, 0.3) is 0 Å². The van der Waals surface area contributed by atoms with Crippen molar-refractivity contribution in [1.82, 2.24) is 0 Å². The maximum atomic E-state index is 12.6. The summed E-state index contributed by atoms with van der Waals surface area (Å²) in [6.45, 7) is 1.76. The van der Waals surface area contributed by atoms with Crippen LogP contribution in [0, 0.1) is 6.92 Å². The molecule has 2 aromatic rings. The Balaban J connectivity index is 1.98. The van der Waals surface area contributed by atoms with E-state index in [1.165, 1.54) is 12.1 Å². The van der Waals surface area contributed by atoms with Gasteiger partial charge in [-0.25, -0.2) is 0 Å². The second-order valence-corrected chi connectivity index (χ2v) is 5.75. The standard InChI is InChI=1S/C17H14ClF3N2O2/c1-10-5-6-12(18)8-14(10)23-16(25)9-15(24)22-13-4-2-3-11(7-13)17(19,20)21/h2-8H,9H2,1H3,(H,22,24)(H,23,25). The number of hydrogen-bond donors (Lipinski definition) is 2. The lowest BCUT2D eigenvalue weighted by Gasteiger charge is -2.11. The van der Waals surface area contributed by atoms with E-state index < -0.39 is 30.0 Å². The van der Waals surface area contributed by atoms with Gasteiger partial charge >= 0.3 is 6.18 Å². The van der Waals surface area contributed by atoms with Crippen LogP contribution in [0.15, 0.2) is 42.5 Å². The summed E-state index contributed by atoms with van der Waals surface area (Å²) in [5, 5.41) is 5.24. The van der Waals surface area contributed by atoms with E-state index in [0.29, 0.717) is 10.7 Å². The first-order valence-corrected chi connectivity index (χ1v) is 7.56. The Hall–Kier alpha value is -2.54. The highest BCUT2D eigenvalue weighted by Crippen LogP contribution is 2.30. The number of rotatable bonds is 4. The Morgan fingerprint density at radius 3 is 2.40 bits per heavy atom. The summed E-state index contributed by atoms with van der Waals surface area (Å²) in [6.07, 6.45) is -5.05. The van der Waals surface area contributed by atoms with E-state index in [4.69, 9.17) is 11.6 Å². The summed E-state index contributed by atoms with van der Waals surface area (Å²) >= 11 is 5.84. The van der Waals surface area contributed by atoms with Gasteiger partial charge < -0.3 is 10.6 Å². The summed E-state index contributed by atoms with van der Waals surface area (Å²) in [5.41, 5.74) is 0.302. The zero-order valence-corrected chi connectivity index (χ0v) is 13.8. The molecule has 132 valence electrons. The molecule has 2 N–H and O–H groups in total. The number of nitrogens with one attached hydrogen (secondary N) is 2. The number of hydrogen-bond acceptors (Lipinski definition) is 2. The summed E-state index contributed by atoms with van der Waals surface area (Å²) in [5.74, 6) is -1.33. The molecule has 2 aromatic carbocycles. The van der Waals surface area contributed by atoms with Crippen molar-refractivity contribution in [3.05, 3.63) is 58.6 Å². The molecule has 0 aromatic heterocycles. The van der Waals surface area contributed by atoms with E-state index in [2.05, 4.69) is 10.6 Å². The lowest BCUT2D eigenvalue weighted by molar-refractivity contribution is -0.137. The van der Waals surface area contributed by atoms with Crippen LogP contribution in [-0.2, 0) is 15.8 Å². The number of aryl methyl sites for hydroxylation is 1. The average Bonchev–Trinajstić information content (AvgIpc) is 2.50. The zero-order chi connectivity index (χ0) is 18.6. The first-order chi connectivity index (χ1) is 11.6. The number of alkyl halides is 3. The highest BCUT2D eigenvalue weighted by Gasteiger charge is 2.30. The molecule has 0 saturated carbocycles. The Kier molecular flexibility index (Phi) is 5.69. The number of carbonyl (C=O) groups is 2. The molecule has 25 heavy (non-hydrogen) atoms. The highest BCUT2D eigenvalue weighted by molar-refractivity contribution is 6.31. The fourth-order valence-electron chi connectivity index (χ4n) is 2.05. The quantitative estimate of drug-likeness (QED) is 0.771. The molecule has 0 radical (unpaired) electrons. The Morgan fingerprint density at radius 2 is 1.72 bits per heavy atom. The molecule has 8 heteroatoms. The molecule has 0 fully saturated rings. The molecule has 2 rings (SSSR count). The van der Waals surface area contributed by atoms with Crippen molar-refractivity contribution in [3.8, 4) is 0 Å². The maximum Gasteiger partial charge on any atom is 0.416 e. The molecule has 0 aliphatic heterocycles. The third kappa shape index (κ3) is 5.49. The molecular weight excluding hydrogens is 357 g/mol. The van der Waals surface area contributed by atoms with Crippen molar-refractivity contribution in [2.24, 2.45) is 0 Å². The molecule has 0 aliphatic carbocycles. The molecule has 0 aliphatic rings. The maximum absolute atomic E-state index is 12.6. The third-order valence-corrected chi connectivity index (χ3v) is 3.50. The second kappa shape index (κ2) is 7.57. The van der Waals surface area contributed by atoms with Crippen LogP contribution in [0.1, 0.15) is 17.5 Å². The molecule has 2 amide bonds. The van der Waals surface area contributed by atoms with Gasteiger partial charge in [-0.15, -0.1) is 0 Å². The van der Waals surface area contributed by atoms with Crippen molar-refractivity contribution in [2.45, 2.75) is 19.5 Å². The van der Waals surface area contributed by atoms with Gasteiger partial charge in [-0.1, -0.05) is 23.7 Å². The van der Waals surface area contributed by atoms with Gasteiger partial charge in [0.2, 0.25) is 11.8 Å². The molecule has 0 atom stereocenters. The number of amides is 2. The van der Waals surface area contributed by atoms with Crippen LogP contribution < -0.4 is 10.6 Å². The van der Waals surface area contributed by atoms with Gasteiger partial charge in [-0.2, -0.15) is 13.2 Å². The molecule has 0 bridgehead atoms. The van der Waals surface area contributed by atoms with E-state index in [-0.39, 0.29) is 5.69 Å². The first-order valence-electron chi connectivity index (χ1n) is 7.18. The molecule has 0 heterocycles. The molecule has 0 unspecified atom stereocenters. The molecule has 4 nitrogen and oxygen atoms in total. The first kappa shape index (κ1) is 18.8. The summed E-state index contributed by atoms with van der Waals surface area (Å²) in [7, 11) is 0. The smallest absolute Gasteiger partial charge is 0.326 e. The Labute approximate surface area is 147 Å². The topological polar surface area (TPSA) is 58.2 Å². The number of carbonyl (C=O) groups excluding carboxylic acids is 2. The van der Waals surface area contributed by atoms with Crippen LogP contribution in [-0.4, -0.2) is 11.8 Å². The van der Waals surface area contributed by atoms with Crippen LogP contribution in [0.5, 0.6) is 0 Å². The van der Waals surface area contributed by atoms with E-state index >= 15 is 0 Å². The van der Waals surface area contributed by atoms with Crippen LogP contribution in [0.3, 0.4) is 0 Å². The van der Waals surface area contributed by atoms with E-state index in [9.17, 15) is 22.8 Å². The van der Waals surface area contributed by atoms with Gasteiger partial charge in [0.15, 0.2) is 0 Å². The van der Waals surface area contributed by atoms with E-state index in [0.717, 1.165) is 17.7 Å². The molecule has 0 saturated heterocycles. The second-order valence-electron chi connectivity index (χ2n) is 5.31. The minimum Gasteiger partial charge on any atom is -0.326 e. The minimum atomic E-state index is -4.51. The lowest BCUT2D eigenvalue weighted by atomic mass is 10.2. The van der Waals surface area contributed by atoms with Gasteiger partial charge in [0.1, 0.15) is 6.42 Å². The Bertz CT molecular complexity index is 807. The summed E-state index contributed by atoms with van der Waals surface area (Å²) in [6, 6.07) is 9.09. The van der Waals surface area contributed by atoms with Gasteiger partial charge in [0.05, 0.1) is 5.56 Å². The van der Waals surface area contributed by atoms with Crippen LogP contribution in [0.2, 0.25) is 5.02 Å². The van der Waals surface area contributed by atoms with Crippen molar-refractivity contribution < 1.29 is 22.8 Å². The number of halogens is 4. The van der Waals surface area contributed by atoms with E-state index in [1.54, 1.807) is 25.1 Å². The predicted octanol–water partition coefficient (Wildman–Crippen LogP) is 4.63. The van der Waals surface area contributed by atoms with Crippen molar-refractivity contribution in [1.29, 1.82) is 0 Å². The van der Waals surface area contributed by atoms with Gasteiger partial charge in [0, 0.05) is 16.4 Å². The third-order valence-electron chi connectivity index (χ3n) is 3.27. The fourth-order valence-corrected chi connectivity index (χ4v) is 2.22. The van der Waals surface area contributed by atoms with Crippen molar-refractivity contribution >= 4 is 34.8 Å². The van der Waals surface area contributed by atoms with Gasteiger partial charge in [-0.05, 0) is 42.8 Å². The van der Waals surface area contributed by atoms with Crippen LogP contribution in [0.4, 0.5) is 24.5 Å². The van der Waals surface area contributed by atoms with Crippen molar-refractivity contribution in [3.63, 3.8) is 0 Å². The van der Waals surface area contributed by atoms with E-state index in [1.807, 2.05) is 0 Å². The predicted molar refractivity (Wildman–Crippen MR) is 89.5 cm³/mol. The zero-order valence-electron chi connectivity index (χ0n) is 13.1.